The molecule has 1 N–H and O–H groups in total. The van der Waals surface area contributed by atoms with Gasteiger partial charge in [0.1, 0.15) is 0 Å². The van der Waals surface area contributed by atoms with Crippen LogP contribution in [0.3, 0.4) is 0 Å². The van der Waals surface area contributed by atoms with Crippen molar-refractivity contribution in [1.29, 1.82) is 0 Å². The molecule has 138 valence electrons. The number of thioether (sulfide) groups is 1. The number of rotatable bonds is 7. The first-order valence-electron chi connectivity index (χ1n) is 8.63. The van der Waals surface area contributed by atoms with Gasteiger partial charge >= 0.3 is 0 Å². The molecule has 0 bridgehead atoms. The first-order valence-corrected chi connectivity index (χ1v) is 11.2. The fourth-order valence-corrected chi connectivity index (χ4v) is 5.24. The second-order valence-electron chi connectivity index (χ2n) is 6.06. The van der Waals surface area contributed by atoms with E-state index in [1.165, 1.54) is 9.20 Å². The largest absolute Gasteiger partial charge is 0.352 e. The first kappa shape index (κ1) is 18.8. The third kappa shape index (κ3) is 4.80. The molecule has 1 amide bonds. The van der Waals surface area contributed by atoms with Crippen molar-refractivity contribution in [1.82, 2.24) is 5.32 Å². The molecule has 26 heavy (non-hydrogen) atoms. The lowest BCUT2D eigenvalue weighted by Gasteiger charge is -2.17. The van der Waals surface area contributed by atoms with E-state index in [9.17, 15) is 13.2 Å². The number of carbonyl (C=O) groups excluding carboxylic acids is 1. The normalized spacial score (nSPS) is 15.8. The predicted octanol–water partition coefficient (Wildman–Crippen LogP) is 3.14. The highest BCUT2D eigenvalue weighted by Gasteiger charge is 2.28. The summed E-state index contributed by atoms with van der Waals surface area (Å²) in [6, 6.07) is 17.0. The summed E-state index contributed by atoms with van der Waals surface area (Å²) in [4.78, 5) is 13.5. The number of hydrogen-bond acceptors (Lipinski definition) is 4. The number of sulfonamides is 1. The molecule has 0 radical (unpaired) electrons. The number of carbonyl (C=O) groups is 1. The highest BCUT2D eigenvalue weighted by molar-refractivity contribution is 7.99. The number of hydrogen-bond donors (Lipinski definition) is 1. The van der Waals surface area contributed by atoms with Gasteiger partial charge in [-0.05, 0) is 48.9 Å². The van der Waals surface area contributed by atoms with Crippen molar-refractivity contribution in [2.75, 3.05) is 28.9 Å². The Morgan fingerprint density at radius 1 is 1.12 bits per heavy atom. The van der Waals surface area contributed by atoms with Gasteiger partial charge in [-0.15, -0.1) is 11.8 Å². The molecular formula is C19H22N2O3S2. The monoisotopic (exact) mass is 390 g/mol. The standard InChI is InChI=1S/C19H22N2O3S2/c22-19(20-11-5-13-25-18-9-2-1-3-10-18)16-7-4-8-17(15-16)21-12-6-14-26(21,23)24/h1-4,7-10,15H,5-6,11-14H2,(H,20,22). The minimum Gasteiger partial charge on any atom is -0.352 e. The van der Waals surface area contributed by atoms with Crippen molar-refractivity contribution in [2.45, 2.75) is 17.7 Å². The SMILES string of the molecule is O=C(NCCCSc1ccccc1)c1cccc(N2CCCS2(=O)=O)c1. The highest BCUT2D eigenvalue weighted by atomic mass is 32.2. The van der Waals surface area contributed by atoms with Gasteiger partial charge in [0.2, 0.25) is 10.0 Å². The van der Waals surface area contributed by atoms with Crippen LogP contribution in [-0.4, -0.2) is 38.9 Å². The smallest absolute Gasteiger partial charge is 0.251 e. The third-order valence-electron chi connectivity index (χ3n) is 4.11. The molecule has 0 aliphatic carbocycles. The first-order chi connectivity index (χ1) is 12.6. The fraction of sp³-hybridized carbons (Fsp3) is 0.316. The van der Waals surface area contributed by atoms with Crippen LogP contribution in [0.5, 0.6) is 0 Å². The Bertz CT molecular complexity index is 854. The summed E-state index contributed by atoms with van der Waals surface area (Å²) < 4.78 is 25.4. The van der Waals surface area contributed by atoms with E-state index in [1.807, 2.05) is 18.2 Å². The summed E-state index contributed by atoms with van der Waals surface area (Å²) in [6.45, 7) is 1.06. The summed E-state index contributed by atoms with van der Waals surface area (Å²) >= 11 is 1.76. The molecule has 5 nitrogen and oxygen atoms in total. The lowest BCUT2D eigenvalue weighted by molar-refractivity contribution is 0.0954. The van der Waals surface area contributed by atoms with Gasteiger partial charge < -0.3 is 5.32 Å². The topological polar surface area (TPSA) is 66.5 Å². The molecule has 1 aliphatic heterocycles. The zero-order valence-electron chi connectivity index (χ0n) is 14.4. The molecule has 2 aromatic carbocycles. The van der Waals surface area contributed by atoms with E-state index < -0.39 is 10.0 Å². The number of anilines is 1. The predicted molar refractivity (Wildman–Crippen MR) is 106 cm³/mol. The van der Waals surface area contributed by atoms with E-state index in [4.69, 9.17) is 0 Å². The van der Waals surface area contributed by atoms with Crippen molar-refractivity contribution in [3.8, 4) is 0 Å². The van der Waals surface area contributed by atoms with Crippen LogP contribution in [0.15, 0.2) is 59.5 Å². The Labute approximate surface area is 158 Å². The molecule has 0 saturated carbocycles. The van der Waals surface area contributed by atoms with Crippen molar-refractivity contribution < 1.29 is 13.2 Å². The summed E-state index contributed by atoms with van der Waals surface area (Å²) in [7, 11) is -3.23. The second-order valence-corrected chi connectivity index (χ2v) is 9.24. The van der Waals surface area contributed by atoms with Gasteiger partial charge in [-0.3, -0.25) is 9.10 Å². The lowest BCUT2D eigenvalue weighted by atomic mass is 10.2. The number of nitrogens with one attached hydrogen (secondary N) is 1. The Balaban J connectivity index is 1.50. The number of amides is 1. The van der Waals surface area contributed by atoms with Crippen LogP contribution in [0.1, 0.15) is 23.2 Å². The maximum atomic E-state index is 12.3. The lowest BCUT2D eigenvalue weighted by Crippen LogP contribution is -2.27. The average Bonchev–Trinajstić information content (AvgIpc) is 3.01. The Morgan fingerprint density at radius 2 is 1.92 bits per heavy atom. The quantitative estimate of drug-likeness (QED) is 0.583. The molecule has 1 aliphatic rings. The number of nitrogens with zero attached hydrogens (tertiary/aromatic N) is 1. The van der Waals surface area contributed by atoms with Gasteiger partial charge in [-0.2, -0.15) is 0 Å². The minimum absolute atomic E-state index is 0.169. The van der Waals surface area contributed by atoms with E-state index in [0.717, 1.165) is 12.2 Å². The van der Waals surface area contributed by atoms with Crippen molar-refractivity contribution in [3.05, 3.63) is 60.2 Å². The molecule has 0 atom stereocenters. The van der Waals surface area contributed by atoms with Crippen LogP contribution in [0, 0.1) is 0 Å². The van der Waals surface area contributed by atoms with Crippen LogP contribution in [0.25, 0.3) is 0 Å². The van der Waals surface area contributed by atoms with E-state index in [2.05, 4.69) is 17.4 Å². The molecule has 1 heterocycles. The maximum absolute atomic E-state index is 12.3. The molecule has 1 fully saturated rings. The third-order valence-corrected chi connectivity index (χ3v) is 7.08. The van der Waals surface area contributed by atoms with E-state index >= 15 is 0 Å². The average molecular weight is 391 g/mol. The van der Waals surface area contributed by atoms with Gasteiger partial charge in [0.25, 0.3) is 5.91 Å². The Morgan fingerprint density at radius 3 is 2.65 bits per heavy atom. The van der Waals surface area contributed by atoms with Crippen LogP contribution < -0.4 is 9.62 Å². The summed E-state index contributed by atoms with van der Waals surface area (Å²) in [5.41, 5.74) is 1.05. The van der Waals surface area contributed by atoms with Gasteiger partial charge in [0.15, 0.2) is 0 Å². The molecule has 1 saturated heterocycles. The van der Waals surface area contributed by atoms with Gasteiger partial charge in [-0.25, -0.2) is 8.42 Å². The van der Waals surface area contributed by atoms with E-state index in [0.29, 0.717) is 30.8 Å². The molecule has 7 heteroatoms. The molecule has 2 aromatic rings. The van der Waals surface area contributed by atoms with Gasteiger partial charge in [0.05, 0.1) is 11.4 Å². The molecular weight excluding hydrogens is 368 g/mol. The maximum Gasteiger partial charge on any atom is 0.251 e. The van der Waals surface area contributed by atoms with E-state index in [-0.39, 0.29) is 11.7 Å². The summed E-state index contributed by atoms with van der Waals surface area (Å²) in [6.07, 6.45) is 1.49. The fourth-order valence-electron chi connectivity index (χ4n) is 2.81. The molecule has 0 unspecified atom stereocenters. The van der Waals surface area contributed by atoms with Crippen molar-refractivity contribution >= 4 is 33.4 Å². The van der Waals surface area contributed by atoms with Crippen LogP contribution >= 0.6 is 11.8 Å². The molecule has 0 aromatic heterocycles. The highest BCUT2D eigenvalue weighted by Crippen LogP contribution is 2.24. The Kier molecular flexibility index (Phi) is 6.21. The zero-order valence-corrected chi connectivity index (χ0v) is 16.1. The van der Waals surface area contributed by atoms with Crippen LogP contribution in [0.2, 0.25) is 0 Å². The molecule has 3 rings (SSSR count). The summed E-state index contributed by atoms with van der Waals surface area (Å²) in [5, 5.41) is 2.90. The Hall–Kier alpha value is -1.99. The van der Waals surface area contributed by atoms with Crippen LogP contribution in [0.4, 0.5) is 5.69 Å². The van der Waals surface area contributed by atoms with Crippen LogP contribution in [-0.2, 0) is 10.0 Å². The zero-order chi connectivity index (χ0) is 18.4. The van der Waals surface area contributed by atoms with Crippen molar-refractivity contribution in [2.24, 2.45) is 0 Å². The summed E-state index contributed by atoms with van der Waals surface area (Å²) in [5.74, 6) is 0.923. The van der Waals surface area contributed by atoms with Crippen molar-refractivity contribution in [3.63, 3.8) is 0 Å². The van der Waals surface area contributed by atoms with Gasteiger partial charge in [-0.1, -0.05) is 24.3 Å². The number of benzene rings is 2. The minimum atomic E-state index is -3.23. The van der Waals surface area contributed by atoms with Gasteiger partial charge in [0, 0.05) is 23.5 Å². The molecule has 0 spiro atoms. The van der Waals surface area contributed by atoms with E-state index in [1.54, 1.807) is 36.0 Å². The second kappa shape index (κ2) is 8.60.